The molecule has 0 aliphatic carbocycles. The average Bonchev–Trinajstić information content (AvgIpc) is 3.10. The summed E-state index contributed by atoms with van der Waals surface area (Å²) in [6, 6.07) is 16.7. The van der Waals surface area contributed by atoms with Gasteiger partial charge in [0.15, 0.2) is 0 Å². The van der Waals surface area contributed by atoms with Gasteiger partial charge < -0.3 is 10.2 Å². The molecule has 1 N–H and O–H groups in total. The molecule has 22 heavy (non-hydrogen) atoms. The maximum Gasteiger partial charge on any atom is 0.255 e. The van der Waals surface area contributed by atoms with E-state index < -0.39 is 0 Å². The van der Waals surface area contributed by atoms with Crippen molar-refractivity contribution in [2.75, 3.05) is 23.3 Å². The van der Waals surface area contributed by atoms with Gasteiger partial charge in [0.25, 0.3) is 5.91 Å². The molecule has 0 spiro atoms. The predicted octanol–water partition coefficient (Wildman–Crippen LogP) is 3.41. The summed E-state index contributed by atoms with van der Waals surface area (Å²) in [5.74, 6) is -0.198. The van der Waals surface area contributed by atoms with E-state index in [9.17, 15) is 4.79 Å². The Balaban J connectivity index is 1.73. The van der Waals surface area contributed by atoms with Crippen molar-refractivity contribution < 1.29 is 4.79 Å². The fraction of sp³-hybridized carbons (Fsp3) is 0.222. The van der Waals surface area contributed by atoms with Gasteiger partial charge in [-0.25, -0.2) is 0 Å². The molecule has 4 heteroatoms. The zero-order chi connectivity index (χ0) is 15.4. The average molecular weight is 291 g/mol. The topological polar surface area (TPSA) is 56.1 Å². The molecule has 0 radical (unpaired) electrons. The molecule has 1 amide bonds. The van der Waals surface area contributed by atoms with Crippen molar-refractivity contribution in [2.45, 2.75) is 12.8 Å². The second-order valence-corrected chi connectivity index (χ2v) is 5.35. The van der Waals surface area contributed by atoms with Crippen molar-refractivity contribution in [3.05, 3.63) is 59.7 Å². The number of carbonyl (C=O) groups excluding carboxylic acids is 1. The van der Waals surface area contributed by atoms with Crippen LogP contribution in [0.25, 0.3) is 0 Å². The minimum absolute atomic E-state index is 0.198. The summed E-state index contributed by atoms with van der Waals surface area (Å²) in [5.41, 5.74) is 2.75. The molecular formula is C18H17N3O. The highest BCUT2D eigenvalue weighted by atomic mass is 16.1. The first-order valence-corrected chi connectivity index (χ1v) is 7.43. The van der Waals surface area contributed by atoms with E-state index in [1.165, 1.54) is 12.8 Å². The number of nitriles is 1. The molecule has 3 rings (SSSR count). The lowest BCUT2D eigenvalue weighted by molar-refractivity contribution is 0.102. The number of hydrogen-bond donors (Lipinski definition) is 1. The fourth-order valence-electron chi connectivity index (χ4n) is 2.68. The summed E-state index contributed by atoms with van der Waals surface area (Å²) < 4.78 is 0. The van der Waals surface area contributed by atoms with E-state index >= 15 is 0 Å². The number of benzene rings is 2. The number of amides is 1. The number of anilines is 2. The fourth-order valence-corrected chi connectivity index (χ4v) is 2.68. The summed E-state index contributed by atoms with van der Waals surface area (Å²) in [4.78, 5) is 14.6. The minimum Gasteiger partial charge on any atom is -0.372 e. The molecular weight excluding hydrogens is 274 g/mol. The Labute approximate surface area is 130 Å². The number of nitrogens with one attached hydrogen (secondary N) is 1. The monoisotopic (exact) mass is 291 g/mol. The van der Waals surface area contributed by atoms with Crippen LogP contribution in [-0.2, 0) is 0 Å². The third-order valence-corrected chi connectivity index (χ3v) is 3.90. The maximum atomic E-state index is 12.3. The van der Waals surface area contributed by atoms with Gasteiger partial charge in [-0.3, -0.25) is 4.79 Å². The van der Waals surface area contributed by atoms with Crippen LogP contribution in [0.15, 0.2) is 48.5 Å². The second-order valence-electron chi connectivity index (χ2n) is 5.35. The van der Waals surface area contributed by atoms with Crippen molar-refractivity contribution in [3.63, 3.8) is 0 Å². The summed E-state index contributed by atoms with van der Waals surface area (Å²) in [6.07, 6.45) is 2.46. The van der Waals surface area contributed by atoms with Crippen molar-refractivity contribution in [1.29, 1.82) is 5.26 Å². The normalized spacial score (nSPS) is 13.7. The molecule has 2 aromatic carbocycles. The molecule has 110 valence electrons. The van der Waals surface area contributed by atoms with Crippen molar-refractivity contribution >= 4 is 17.3 Å². The van der Waals surface area contributed by atoms with Crippen LogP contribution in [0.5, 0.6) is 0 Å². The highest BCUT2D eigenvalue weighted by molar-refractivity contribution is 6.05. The van der Waals surface area contributed by atoms with Gasteiger partial charge in [-0.1, -0.05) is 12.1 Å². The molecule has 4 nitrogen and oxygen atoms in total. The SMILES string of the molecule is N#Cc1ccccc1NC(=O)c1ccc(N2CCCC2)cc1. The zero-order valence-corrected chi connectivity index (χ0v) is 12.2. The Bertz CT molecular complexity index is 710. The molecule has 0 atom stereocenters. The van der Waals surface area contributed by atoms with Gasteiger partial charge in [0.1, 0.15) is 6.07 Å². The molecule has 0 unspecified atom stereocenters. The van der Waals surface area contributed by atoms with Gasteiger partial charge in [0.05, 0.1) is 11.3 Å². The van der Waals surface area contributed by atoms with Crippen molar-refractivity contribution in [1.82, 2.24) is 0 Å². The molecule has 1 saturated heterocycles. The third-order valence-electron chi connectivity index (χ3n) is 3.90. The number of para-hydroxylation sites is 1. The molecule has 2 aromatic rings. The Morgan fingerprint density at radius 2 is 1.73 bits per heavy atom. The van der Waals surface area contributed by atoms with Crippen LogP contribution in [-0.4, -0.2) is 19.0 Å². The Morgan fingerprint density at radius 1 is 1.05 bits per heavy atom. The number of hydrogen-bond acceptors (Lipinski definition) is 3. The van der Waals surface area contributed by atoms with Gasteiger partial charge in [0.2, 0.25) is 0 Å². The summed E-state index contributed by atoms with van der Waals surface area (Å²) in [5, 5.41) is 11.8. The molecule has 1 fully saturated rings. The van der Waals surface area contributed by atoms with E-state index in [2.05, 4.69) is 16.3 Å². The zero-order valence-electron chi connectivity index (χ0n) is 12.2. The van der Waals surface area contributed by atoms with E-state index in [4.69, 9.17) is 5.26 Å². The lowest BCUT2D eigenvalue weighted by Gasteiger charge is -2.17. The quantitative estimate of drug-likeness (QED) is 0.942. The molecule has 1 aliphatic rings. The Hall–Kier alpha value is -2.80. The highest BCUT2D eigenvalue weighted by Crippen LogP contribution is 2.21. The van der Waals surface area contributed by atoms with Crippen LogP contribution in [0, 0.1) is 11.3 Å². The lowest BCUT2D eigenvalue weighted by Crippen LogP contribution is -2.18. The van der Waals surface area contributed by atoms with E-state index in [1.807, 2.05) is 24.3 Å². The van der Waals surface area contributed by atoms with E-state index in [0.717, 1.165) is 18.8 Å². The molecule has 0 bridgehead atoms. The van der Waals surface area contributed by atoms with Crippen LogP contribution in [0.3, 0.4) is 0 Å². The third kappa shape index (κ3) is 2.94. The number of nitrogens with zero attached hydrogens (tertiary/aromatic N) is 2. The number of rotatable bonds is 3. The van der Waals surface area contributed by atoms with Gasteiger partial charge in [-0.15, -0.1) is 0 Å². The van der Waals surface area contributed by atoms with Gasteiger partial charge in [-0.05, 0) is 49.2 Å². The van der Waals surface area contributed by atoms with E-state index in [0.29, 0.717) is 16.8 Å². The smallest absolute Gasteiger partial charge is 0.255 e. The highest BCUT2D eigenvalue weighted by Gasteiger charge is 2.13. The standard InChI is InChI=1S/C18H17N3O/c19-13-15-5-1-2-6-17(15)20-18(22)14-7-9-16(10-8-14)21-11-3-4-12-21/h1-2,5-10H,3-4,11-12H2,(H,20,22). The second kappa shape index (κ2) is 6.31. The summed E-state index contributed by atoms with van der Waals surface area (Å²) in [7, 11) is 0. The summed E-state index contributed by atoms with van der Waals surface area (Å²) in [6.45, 7) is 2.17. The molecule has 1 aliphatic heterocycles. The van der Waals surface area contributed by atoms with Crippen molar-refractivity contribution in [2.24, 2.45) is 0 Å². The van der Waals surface area contributed by atoms with Crippen LogP contribution < -0.4 is 10.2 Å². The predicted molar refractivity (Wildman–Crippen MR) is 87.0 cm³/mol. The van der Waals surface area contributed by atoms with Crippen LogP contribution >= 0.6 is 0 Å². The van der Waals surface area contributed by atoms with Gasteiger partial charge in [0, 0.05) is 24.3 Å². The Morgan fingerprint density at radius 3 is 2.41 bits per heavy atom. The van der Waals surface area contributed by atoms with Crippen LogP contribution in [0.2, 0.25) is 0 Å². The lowest BCUT2D eigenvalue weighted by atomic mass is 10.1. The van der Waals surface area contributed by atoms with Crippen molar-refractivity contribution in [3.8, 4) is 6.07 Å². The molecule has 0 aromatic heterocycles. The van der Waals surface area contributed by atoms with Gasteiger partial charge in [-0.2, -0.15) is 5.26 Å². The summed E-state index contributed by atoms with van der Waals surface area (Å²) >= 11 is 0. The minimum atomic E-state index is -0.198. The molecule has 1 heterocycles. The Kier molecular flexibility index (Phi) is 4.06. The maximum absolute atomic E-state index is 12.3. The molecule has 0 saturated carbocycles. The van der Waals surface area contributed by atoms with Gasteiger partial charge >= 0.3 is 0 Å². The first-order valence-electron chi connectivity index (χ1n) is 7.43. The van der Waals surface area contributed by atoms with Crippen LogP contribution in [0.1, 0.15) is 28.8 Å². The van der Waals surface area contributed by atoms with Crippen LogP contribution in [0.4, 0.5) is 11.4 Å². The first kappa shape index (κ1) is 14.2. The largest absolute Gasteiger partial charge is 0.372 e. The van der Waals surface area contributed by atoms with E-state index in [1.54, 1.807) is 24.3 Å². The van der Waals surface area contributed by atoms with E-state index in [-0.39, 0.29) is 5.91 Å². The number of carbonyl (C=O) groups is 1. The first-order chi connectivity index (χ1) is 10.8.